The first-order valence-corrected chi connectivity index (χ1v) is 8.79. The van der Waals surface area contributed by atoms with Crippen LogP contribution in [0.5, 0.6) is 11.5 Å². The Balaban J connectivity index is 0.000000180. The van der Waals surface area contributed by atoms with Gasteiger partial charge in [-0.2, -0.15) is 0 Å². The second kappa shape index (κ2) is 13.1. The van der Waals surface area contributed by atoms with Gasteiger partial charge >= 0.3 is 0 Å². The van der Waals surface area contributed by atoms with Crippen molar-refractivity contribution in [2.75, 3.05) is 20.5 Å². The minimum absolute atomic E-state index is 0.910. The predicted molar refractivity (Wildman–Crippen MR) is 104 cm³/mol. The van der Waals surface area contributed by atoms with Crippen molar-refractivity contribution in [3.8, 4) is 11.5 Å². The fraction of sp³-hybridized carbons (Fsp3) is 0.143. The standard InChI is InChI=1S/2C7H8O.C7H8S/c3*1-8-7-5-3-2-4-6-7/h3*2-6H,1H3. The molecule has 2 nitrogen and oxygen atoms in total. The van der Waals surface area contributed by atoms with Crippen molar-refractivity contribution < 1.29 is 9.47 Å². The highest BCUT2D eigenvalue weighted by molar-refractivity contribution is 7.98. The summed E-state index contributed by atoms with van der Waals surface area (Å²) in [5.74, 6) is 1.82. The Labute approximate surface area is 149 Å². The third kappa shape index (κ3) is 8.91. The van der Waals surface area contributed by atoms with Crippen molar-refractivity contribution in [3.63, 3.8) is 0 Å². The van der Waals surface area contributed by atoms with E-state index in [-0.39, 0.29) is 0 Å². The second-order valence-electron chi connectivity index (χ2n) is 4.55. The lowest BCUT2D eigenvalue weighted by molar-refractivity contribution is 0.414. The maximum atomic E-state index is 4.91. The average Bonchev–Trinajstić information content (AvgIpc) is 2.71. The van der Waals surface area contributed by atoms with Crippen molar-refractivity contribution in [1.29, 1.82) is 0 Å². The Hall–Kier alpha value is -2.39. The highest BCUT2D eigenvalue weighted by Gasteiger charge is 1.81. The van der Waals surface area contributed by atoms with Gasteiger partial charge < -0.3 is 9.47 Å². The zero-order valence-electron chi connectivity index (χ0n) is 14.4. The highest BCUT2D eigenvalue weighted by Crippen LogP contribution is 2.11. The molecule has 0 aliphatic rings. The Morgan fingerprint density at radius 1 is 0.542 bits per heavy atom. The zero-order valence-corrected chi connectivity index (χ0v) is 15.2. The van der Waals surface area contributed by atoms with Crippen LogP contribution in [-0.4, -0.2) is 20.5 Å². The Morgan fingerprint density at radius 3 is 1.08 bits per heavy atom. The van der Waals surface area contributed by atoms with E-state index in [1.165, 1.54) is 4.90 Å². The van der Waals surface area contributed by atoms with E-state index in [1.54, 1.807) is 26.0 Å². The summed E-state index contributed by atoms with van der Waals surface area (Å²) in [6.07, 6.45) is 2.08. The molecule has 0 aliphatic heterocycles. The van der Waals surface area contributed by atoms with Crippen LogP contribution in [-0.2, 0) is 0 Å². The minimum atomic E-state index is 0.910. The molecule has 0 atom stereocenters. The van der Waals surface area contributed by atoms with E-state index in [9.17, 15) is 0 Å². The van der Waals surface area contributed by atoms with Crippen molar-refractivity contribution in [2.24, 2.45) is 0 Å². The Bertz CT molecular complexity index is 534. The van der Waals surface area contributed by atoms with Crippen LogP contribution in [0.4, 0.5) is 0 Å². The van der Waals surface area contributed by atoms with Crippen LogP contribution in [0.1, 0.15) is 0 Å². The number of methoxy groups -OCH3 is 2. The minimum Gasteiger partial charge on any atom is -0.497 e. The molecule has 0 aliphatic carbocycles. The molecule has 3 heteroatoms. The van der Waals surface area contributed by atoms with Gasteiger partial charge in [-0.15, -0.1) is 11.8 Å². The number of para-hydroxylation sites is 2. The summed E-state index contributed by atoms with van der Waals surface area (Å²) in [5, 5.41) is 0. The first kappa shape index (κ1) is 19.7. The fourth-order valence-corrected chi connectivity index (χ4v) is 2.10. The highest BCUT2D eigenvalue weighted by atomic mass is 32.2. The Kier molecular flexibility index (Phi) is 10.7. The number of ether oxygens (including phenoxy) is 2. The first-order valence-electron chi connectivity index (χ1n) is 7.57. The molecule has 3 aromatic carbocycles. The van der Waals surface area contributed by atoms with Crippen LogP contribution in [0.15, 0.2) is 95.9 Å². The summed E-state index contributed by atoms with van der Waals surface area (Å²) >= 11 is 1.77. The maximum Gasteiger partial charge on any atom is 0.118 e. The summed E-state index contributed by atoms with van der Waals surface area (Å²) in [7, 11) is 3.32. The lowest BCUT2D eigenvalue weighted by atomic mass is 10.3. The van der Waals surface area contributed by atoms with E-state index in [0.29, 0.717) is 0 Å². The molecule has 0 aromatic heterocycles. The van der Waals surface area contributed by atoms with Gasteiger partial charge in [-0.25, -0.2) is 0 Å². The molecule has 0 unspecified atom stereocenters. The van der Waals surface area contributed by atoms with Gasteiger partial charge in [0.2, 0.25) is 0 Å². The summed E-state index contributed by atoms with van der Waals surface area (Å²) in [6.45, 7) is 0. The van der Waals surface area contributed by atoms with E-state index in [4.69, 9.17) is 9.47 Å². The number of thioether (sulfide) groups is 1. The quantitative estimate of drug-likeness (QED) is 0.561. The van der Waals surface area contributed by atoms with E-state index >= 15 is 0 Å². The topological polar surface area (TPSA) is 18.5 Å². The van der Waals surface area contributed by atoms with Gasteiger partial charge in [0.1, 0.15) is 11.5 Å². The van der Waals surface area contributed by atoms with Gasteiger partial charge in [0.25, 0.3) is 0 Å². The second-order valence-corrected chi connectivity index (χ2v) is 5.43. The molecular weight excluding hydrogens is 316 g/mol. The van der Waals surface area contributed by atoms with Crippen molar-refractivity contribution in [2.45, 2.75) is 4.90 Å². The SMILES string of the molecule is COc1ccccc1.COc1ccccc1.CSc1ccccc1. The summed E-state index contributed by atoms with van der Waals surface area (Å²) < 4.78 is 9.83. The molecule has 0 bridgehead atoms. The average molecular weight is 340 g/mol. The molecule has 0 saturated carbocycles. The predicted octanol–water partition coefficient (Wildman–Crippen LogP) is 5.80. The smallest absolute Gasteiger partial charge is 0.118 e. The fourth-order valence-electron chi connectivity index (χ4n) is 1.67. The zero-order chi connectivity index (χ0) is 17.5. The van der Waals surface area contributed by atoms with E-state index in [2.05, 4.69) is 18.4 Å². The van der Waals surface area contributed by atoms with E-state index in [1.807, 2.05) is 78.9 Å². The lowest BCUT2D eigenvalue weighted by Gasteiger charge is -1.93. The largest absolute Gasteiger partial charge is 0.497 e. The lowest BCUT2D eigenvalue weighted by Crippen LogP contribution is -1.78. The maximum absolute atomic E-state index is 4.91. The van der Waals surface area contributed by atoms with Gasteiger partial charge in [-0.3, -0.25) is 0 Å². The van der Waals surface area contributed by atoms with Crippen LogP contribution in [0.2, 0.25) is 0 Å². The van der Waals surface area contributed by atoms with Gasteiger partial charge in [-0.05, 0) is 42.7 Å². The van der Waals surface area contributed by atoms with Crippen LogP contribution >= 0.6 is 11.8 Å². The van der Waals surface area contributed by atoms with Gasteiger partial charge in [0.15, 0.2) is 0 Å². The third-order valence-corrected chi connectivity index (χ3v) is 3.68. The molecule has 0 N–H and O–H groups in total. The van der Waals surface area contributed by atoms with Crippen molar-refractivity contribution >= 4 is 11.8 Å². The van der Waals surface area contributed by atoms with Crippen LogP contribution < -0.4 is 9.47 Å². The number of hydrogen-bond acceptors (Lipinski definition) is 3. The molecule has 3 aromatic rings. The molecule has 3 rings (SSSR count). The summed E-state index contributed by atoms with van der Waals surface area (Å²) in [4.78, 5) is 1.33. The van der Waals surface area contributed by atoms with Gasteiger partial charge in [0, 0.05) is 4.90 Å². The normalized spacial score (nSPS) is 8.79. The third-order valence-electron chi connectivity index (χ3n) is 2.94. The van der Waals surface area contributed by atoms with Gasteiger partial charge in [-0.1, -0.05) is 54.6 Å². The molecular formula is C21H24O2S. The molecule has 24 heavy (non-hydrogen) atoms. The molecule has 0 radical (unpaired) electrons. The van der Waals surface area contributed by atoms with Crippen LogP contribution in [0.3, 0.4) is 0 Å². The monoisotopic (exact) mass is 340 g/mol. The first-order chi connectivity index (χ1) is 11.8. The van der Waals surface area contributed by atoms with Crippen molar-refractivity contribution in [1.82, 2.24) is 0 Å². The van der Waals surface area contributed by atoms with E-state index < -0.39 is 0 Å². The van der Waals surface area contributed by atoms with Crippen molar-refractivity contribution in [3.05, 3.63) is 91.0 Å². The van der Waals surface area contributed by atoms with Crippen LogP contribution in [0, 0.1) is 0 Å². The van der Waals surface area contributed by atoms with E-state index in [0.717, 1.165) is 11.5 Å². The number of rotatable bonds is 3. The molecule has 0 heterocycles. The molecule has 0 fully saturated rings. The molecule has 0 saturated heterocycles. The van der Waals surface area contributed by atoms with Gasteiger partial charge in [0.05, 0.1) is 14.2 Å². The number of benzene rings is 3. The molecule has 0 spiro atoms. The molecule has 126 valence electrons. The summed E-state index contributed by atoms with van der Waals surface area (Å²) in [6, 6.07) is 29.7. The number of hydrogen-bond donors (Lipinski definition) is 0. The summed E-state index contributed by atoms with van der Waals surface area (Å²) in [5.41, 5.74) is 0. The van der Waals surface area contributed by atoms with Crippen LogP contribution in [0.25, 0.3) is 0 Å². The Morgan fingerprint density at radius 2 is 0.875 bits per heavy atom. The molecule has 0 amide bonds.